The minimum Gasteiger partial charge on any atom is -0.481 e. The highest BCUT2D eigenvalue weighted by atomic mass is 32.2. The predicted molar refractivity (Wildman–Crippen MR) is 534 cm³/mol. The third-order valence-corrected chi connectivity index (χ3v) is 24.1. The van der Waals surface area contributed by atoms with Crippen LogP contribution in [0.3, 0.4) is 0 Å². The van der Waals surface area contributed by atoms with Crippen molar-refractivity contribution < 1.29 is 111 Å². The van der Waals surface area contributed by atoms with Crippen LogP contribution in [0.2, 0.25) is 0 Å². The molecule has 2 heterocycles. The number of amides is 19. The number of hydrogen-bond donors (Lipinski definition) is 27. The number of aromatic nitrogens is 2. The summed E-state index contributed by atoms with van der Waals surface area (Å²) in [5.41, 5.74) is 37.4. The number of H-pyrrole nitrogens is 2. The van der Waals surface area contributed by atoms with Gasteiger partial charge < -0.3 is 134 Å². The lowest BCUT2D eigenvalue weighted by Crippen LogP contribution is -2.62. The zero-order chi connectivity index (χ0) is 106. The van der Waals surface area contributed by atoms with Gasteiger partial charge in [-0.2, -0.15) is 37.0 Å². The van der Waals surface area contributed by atoms with Crippen molar-refractivity contribution in [1.29, 1.82) is 0 Å². The average molecular weight is 2050 g/mol. The second kappa shape index (κ2) is 58.9. The topological polar surface area (TPSA) is 767 Å². The van der Waals surface area contributed by atoms with Gasteiger partial charge in [-0.3, -0.25) is 95.9 Å². The number of para-hydroxylation sites is 2. The van der Waals surface area contributed by atoms with Crippen molar-refractivity contribution in [1.82, 2.24) is 89.7 Å². The number of fused-ring (bicyclic) bond motifs is 2. The van der Waals surface area contributed by atoms with Gasteiger partial charge >= 0.3 is 11.9 Å². The molecule has 46 nitrogen and oxygen atoms in total. The SMILES string of the molecule is CSCC[C@H](NC(=O)[C@@H](NC(=O)[C@H](CC(N)=O)NC(=O)[C@H](CS)NC(=O)[C@H](Cc1ccccc1)NC(=O)[C@H](Cc1c[nH]c2ccccc12)NC(=O)[C@H](CCC(N)=O)NC(=O)[C@H](CC(N)=O)NC(=O)[C@H](CCCCN)NC(=O)[C@H](Cc1ccccc1)NC(=O)[C@H](CC(C)C)NC(=O)[C@H](CC(N)=O)NC(=O)[C@H](CS)NC(=O)[C@@H](NC(=O)[C@H](Cc1c[nH]c2ccccc12)NC(=O)[C@@H](N)CC(=O)O)C(C)C)C(C)C)C(=O)O. The molecule has 16 atom stereocenters. The number of aliphatic carboxylic acids is 2. The number of thiol groups is 2. The maximum Gasteiger partial charge on any atom is 0.326 e. The molecule has 6 rings (SSSR count). The van der Waals surface area contributed by atoms with Gasteiger partial charge in [0.2, 0.25) is 112 Å². The number of rotatable bonds is 63. The number of carbonyl (C=O) groups excluding carboxylic acids is 19. The van der Waals surface area contributed by atoms with Crippen LogP contribution >= 0.6 is 37.0 Å². The number of thioether (sulfide) groups is 1. The fourth-order valence-corrected chi connectivity index (χ4v) is 16.1. The Kier molecular flexibility index (Phi) is 48.4. The average Bonchev–Trinajstić information content (AvgIpc) is 1.70. The van der Waals surface area contributed by atoms with Gasteiger partial charge in [-0.15, -0.1) is 0 Å². The van der Waals surface area contributed by atoms with Crippen molar-refractivity contribution in [3.63, 3.8) is 0 Å². The fraction of sp³-hybridized carbons (Fsp3) is 0.479. The number of hydrogen-bond acceptors (Lipinski definition) is 26. The summed E-state index contributed by atoms with van der Waals surface area (Å²) < 4.78 is 0. The second-order valence-corrected chi connectivity index (χ2v) is 37.1. The highest BCUT2D eigenvalue weighted by Crippen LogP contribution is 2.24. The van der Waals surface area contributed by atoms with E-state index in [0.717, 1.165) is 0 Å². The smallest absolute Gasteiger partial charge is 0.326 e. The van der Waals surface area contributed by atoms with Crippen LogP contribution in [0.4, 0.5) is 0 Å². The quantitative estimate of drug-likeness (QED) is 0.0128. The molecule has 2 aromatic heterocycles. The molecule has 143 heavy (non-hydrogen) atoms. The molecule has 0 saturated heterocycles. The summed E-state index contributed by atoms with van der Waals surface area (Å²) in [6.07, 6.45) is -1.18. The minimum atomic E-state index is -2.02. The molecule has 0 fully saturated rings. The molecule has 0 aliphatic rings. The second-order valence-electron chi connectivity index (χ2n) is 35.4. The van der Waals surface area contributed by atoms with Gasteiger partial charge in [0, 0.05) is 77.8 Å². The van der Waals surface area contributed by atoms with E-state index in [9.17, 15) is 96.5 Å². The number of carboxylic acids is 2. The molecule has 19 amide bonds. The number of carboxylic acid groups (broad SMARTS) is 2. The molecule has 778 valence electrons. The molecule has 0 radical (unpaired) electrons. The van der Waals surface area contributed by atoms with Crippen LogP contribution in [-0.2, 0) is 126 Å². The zero-order valence-corrected chi connectivity index (χ0v) is 82.8. The Morgan fingerprint density at radius 3 is 1.03 bits per heavy atom. The Morgan fingerprint density at radius 1 is 0.343 bits per heavy atom. The van der Waals surface area contributed by atoms with Crippen LogP contribution in [0, 0.1) is 17.8 Å². The summed E-state index contributed by atoms with van der Waals surface area (Å²) in [5.74, 6) is -25.8. The Bertz CT molecular complexity index is 5460. The highest BCUT2D eigenvalue weighted by Gasteiger charge is 2.41. The molecule has 0 spiro atoms. The lowest BCUT2D eigenvalue weighted by Gasteiger charge is -2.29. The van der Waals surface area contributed by atoms with Crippen LogP contribution in [0.1, 0.15) is 134 Å². The molecule has 0 bridgehead atoms. The number of aromatic amines is 2. The lowest BCUT2D eigenvalue weighted by atomic mass is 9.99. The van der Waals surface area contributed by atoms with E-state index in [1.54, 1.807) is 163 Å². The van der Waals surface area contributed by atoms with Crippen molar-refractivity contribution in [3.05, 3.63) is 144 Å². The van der Waals surface area contributed by atoms with Crippen LogP contribution in [-0.4, -0.2) is 271 Å². The molecule has 0 saturated carbocycles. The van der Waals surface area contributed by atoms with Gasteiger partial charge in [-0.25, -0.2) is 4.79 Å². The van der Waals surface area contributed by atoms with E-state index in [1.807, 2.05) is 0 Å². The standard InChI is InChI=1S/C94H131N23O23S3/c1-47(2)34-62(107-87(132)68(41-74(99)120)112-91(136)71(46-142)115-93(138)78(49(5)6)116-88(133)66(106-79(124)56(96)39-76(122)123)38-53-44-102-58-27-17-15-25-55(53)58)82(127)108-63(35-50-20-10-8-11-21-50)83(128)103-59(28-18-19-32-95)80(125)111-67(40-73(98)119)86(131)104-60(29-30-72(97)118)81(126)110-65(37-52-43-101-57-26-16-14-24-54(52)57)85(130)109-64(36-51-22-12-9-13-23-51)84(129)114-70(45-141)90(135)113-69(42-75(100)121)89(134)117-77(48(3)4)92(137)105-61(94(139)140)31-33-143-7/h8-17,20-27,43-44,47-49,56,59-71,77-78,101-102,141-142H,18-19,28-42,45-46,95-96H2,1-7H3,(H2,97,118)(H2,98,119)(H2,99,120)(H2,100,121)(H,103,128)(H,104,131)(H,105,137)(H,106,124)(H,107,132)(H,108,127)(H,109,130)(H,110,126)(H,111,125)(H,112,136)(H,113,135)(H,114,129)(H,115,138)(H,116,133)(H,117,134)(H,122,123)(H,139,140)/t56-,59-,60-,61-,62-,63-,64-,65-,66-,67-,68-,69-,70-,71-,77-,78-/m0/s1. The molecule has 49 heteroatoms. The van der Waals surface area contributed by atoms with E-state index in [4.69, 9.17) is 34.4 Å². The van der Waals surface area contributed by atoms with Gasteiger partial charge in [0.15, 0.2) is 0 Å². The summed E-state index contributed by atoms with van der Waals surface area (Å²) in [6, 6.07) is 3.58. The van der Waals surface area contributed by atoms with Crippen LogP contribution in [0.15, 0.2) is 122 Å². The number of unbranched alkanes of at least 4 members (excludes halogenated alkanes) is 1. The minimum absolute atomic E-state index is 0.0321. The maximum atomic E-state index is 15.3. The maximum absolute atomic E-state index is 15.3. The normalized spacial score (nSPS) is 14.6. The molecular weight excluding hydrogens is 1920 g/mol. The number of carbonyl (C=O) groups is 21. The van der Waals surface area contributed by atoms with Crippen LogP contribution < -0.4 is 114 Å². The first kappa shape index (κ1) is 118. The van der Waals surface area contributed by atoms with Gasteiger partial charge in [0.1, 0.15) is 90.6 Å². The van der Waals surface area contributed by atoms with Crippen LogP contribution in [0.25, 0.3) is 21.8 Å². The summed E-state index contributed by atoms with van der Waals surface area (Å²) in [6.45, 7) is 9.60. The molecule has 4 aromatic carbocycles. The number of benzene rings is 4. The molecular formula is C94H131N23O23S3. The van der Waals surface area contributed by atoms with Crippen molar-refractivity contribution in [2.75, 3.05) is 30.1 Å². The fourth-order valence-electron chi connectivity index (χ4n) is 15.1. The van der Waals surface area contributed by atoms with Crippen molar-refractivity contribution in [2.24, 2.45) is 52.2 Å². The van der Waals surface area contributed by atoms with Gasteiger partial charge in [0.25, 0.3) is 0 Å². The predicted octanol–water partition coefficient (Wildman–Crippen LogP) is -3.93. The summed E-state index contributed by atoms with van der Waals surface area (Å²) in [7, 11) is 0. The zero-order valence-electron chi connectivity index (χ0n) is 80.2. The first-order valence-electron chi connectivity index (χ1n) is 46.2. The van der Waals surface area contributed by atoms with E-state index in [1.165, 1.54) is 18.0 Å². The van der Waals surface area contributed by atoms with Gasteiger partial charge in [0.05, 0.1) is 31.7 Å². The molecule has 31 N–H and O–H groups in total. The lowest BCUT2D eigenvalue weighted by molar-refractivity contribution is -0.143. The summed E-state index contributed by atoms with van der Waals surface area (Å²) >= 11 is 9.92. The van der Waals surface area contributed by atoms with E-state index in [0.29, 0.717) is 49.8 Å². The number of nitrogens with two attached hydrogens (primary N) is 6. The molecule has 0 aliphatic heterocycles. The first-order valence-corrected chi connectivity index (χ1v) is 48.9. The van der Waals surface area contributed by atoms with E-state index in [2.05, 4.69) is 115 Å². The number of nitrogens with one attached hydrogen (secondary N) is 17. The Labute approximate surface area is 839 Å². The van der Waals surface area contributed by atoms with E-state index in [-0.39, 0.29) is 64.3 Å². The van der Waals surface area contributed by atoms with Crippen molar-refractivity contribution >= 4 is 183 Å². The molecule has 0 aliphatic carbocycles. The van der Waals surface area contributed by atoms with E-state index < -0.39 is 289 Å². The van der Waals surface area contributed by atoms with Crippen molar-refractivity contribution in [3.8, 4) is 0 Å². The Hall–Kier alpha value is -14.2. The Balaban J connectivity index is 1.24. The largest absolute Gasteiger partial charge is 0.481 e. The molecule has 6 aromatic rings. The van der Waals surface area contributed by atoms with E-state index >= 15 is 14.4 Å². The highest BCUT2D eigenvalue weighted by molar-refractivity contribution is 7.98. The first-order chi connectivity index (χ1) is 67.7. The monoisotopic (exact) mass is 2050 g/mol. The third-order valence-electron chi connectivity index (χ3n) is 22.7. The Morgan fingerprint density at radius 2 is 0.657 bits per heavy atom. The summed E-state index contributed by atoms with van der Waals surface area (Å²) in [5, 5.41) is 58.0. The number of primary amides is 4. The van der Waals surface area contributed by atoms with Gasteiger partial charge in [-0.1, -0.05) is 139 Å². The van der Waals surface area contributed by atoms with Crippen molar-refractivity contribution in [2.45, 2.75) is 235 Å². The van der Waals surface area contributed by atoms with Gasteiger partial charge in [-0.05, 0) is 109 Å². The summed E-state index contributed by atoms with van der Waals surface area (Å²) in [4.78, 5) is 298. The van der Waals surface area contributed by atoms with Crippen LogP contribution in [0.5, 0.6) is 0 Å². The molecule has 0 unspecified atom stereocenters. The third kappa shape index (κ3) is 39.0.